The number of hydrogen-bond acceptors (Lipinski definition) is 5. The zero-order chi connectivity index (χ0) is 9.80. The highest BCUT2D eigenvalue weighted by Crippen LogP contribution is 2.22. The Hall–Kier alpha value is -1.01. The third kappa shape index (κ3) is 2.27. The van der Waals surface area contributed by atoms with Gasteiger partial charge in [-0.05, 0) is 39.6 Å². The van der Waals surface area contributed by atoms with Gasteiger partial charge in [-0.1, -0.05) is 4.49 Å². The van der Waals surface area contributed by atoms with E-state index in [-0.39, 0.29) is 0 Å². The fourth-order valence-electron chi connectivity index (χ4n) is 0.879. The van der Waals surface area contributed by atoms with Crippen LogP contribution >= 0.6 is 27.5 Å². The van der Waals surface area contributed by atoms with Gasteiger partial charge in [0, 0.05) is 6.20 Å². The van der Waals surface area contributed by atoms with Crippen molar-refractivity contribution in [1.29, 1.82) is 0 Å². The summed E-state index contributed by atoms with van der Waals surface area (Å²) in [5.74, 6) is 0.723. The molecule has 2 aromatic rings. The van der Waals surface area contributed by atoms with Gasteiger partial charge in [0.05, 0.1) is 11.1 Å². The van der Waals surface area contributed by atoms with Crippen molar-refractivity contribution < 1.29 is 4.74 Å². The molecule has 6 heteroatoms. The molecule has 2 rings (SSSR count). The van der Waals surface area contributed by atoms with Gasteiger partial charge < -0.3 is 4.74 Å². The Bertz CT molecular complexity index is 407. The average molecular weight is 272 g/mol. The first-order chi connectivity index (χ1) is 6.86. The van der Waals surface area contributed by atoms with Gasteiger partial charge in [-0.3, -0.25) is 0 Å². The number of ether oxygens (including phenoxy) is 1. The molecule has 0 unspecified atom stereocenters. The van der Waals surface area contributed by atoms with Crippen molar-refractivity contribution in [3.8, 4) is 5.75 Å². The standard InChI is InChI=1S/C8H6BrN3OS/c9-8-7(2-1-3-10-8)13-5-6-4-11-12-14-6/h1-4H,5H2. The summed E-state index contributed by atoms with van der Waals surface area (Å²) in [7, 11) is 0. The molecule has 0 aliphatic rings. The van der Waals surface area contributed by atoms with Crippen molar-refractivity contribution in [2.24, 2.45) is 0 Å². The minimum absolute atomic E-state index is 0.474. The van der Waals surface area contributed by atoms with Gasteiger partial charge in [-0.25, -0.2) is 4.98 Å². The van der Waals surface area contributed by atoms with Crippen molar-refractivity contribution in [1.82, 2.24) is 14.6 Å². The Morgan fingerprint density at radius 1 is 1.50 bits per heavy atom. The minimum Gasteiger partial charge on any atom is -0.485 e. The molecule has 0 radical (unpaired) electrons. The maximum Gasteiger partial charge on any atom is 0.152 e. The molecular formula is C8H6BrN3OS. The topological polar surface area (TPSA) is 47.9 Å². The molecule has 72 valence electrons. The molecule has 0 saturated heterocycles. The summed E-state index contributed by atoms with van der Waals surface area (Å²) in [5.41, 5.74) is 0. The Balaban J connectivity index is 2.02. The molecule has 0 atom stereocenters. The predicted molar refractivity (Wildman–Crippen MR) is 56.2 cm³/mol. The van der Waals surface area contributed by atoms with Crippen LogP contribution in [-0.4, -0.2) is 14.6 Å². The maximum atomic E-state index is 5.50. The Labute approximate surface area is 93.2 Å². The van der Waals surface area contributed by atoms with Crippen molar-refractivity contribution in [3.63, 3.8) is 0 Å². The average Bonchev–Trinajstić information content (AvgIpc) is 2.69. The van der Waals surface area contributed by atoms with Crippen LogP contribution in [0.15, 0.2) is 29.1 Å². The molecule has 0 aliphatic heterocycles. The van der Waals surface area contributed by atoms with Gasteiger partial charge in [0.15, 0.2) is 5.75 Å². The van der Waals surface area contributed by atoms with Crippen molar-refractivity contribution in [2.45, 2.75) is 6.61 Å². The third-order valence-electron chi connectivity index (χ3n) is 1.50. The second kappa shape index (κ2) is 4.47. The van der Waals surface area contributed by atoms with Gasteiger partial charge in [0.1, 0.15) is 11.2 Å². The van der Waals surface area contributed by atoms with Crippen LogP contribution in [0, 0.1) is 0 Å². The second-order valence-electron chi connectivity index (χ2n) is 2.46. The van der Waals surface area contributed by atoms with Crippen LogP contribution in [0.25, 0.3) is 0 Å². The Kier molecular flexibility index (Phi) is 3.05. The highest BCUT2D eigenvalue weighted by molar-refractivity contribution is 9.10. The third-order valence-corrected chi connectivity index (χ3v) is 2.73. The van der Waals surface area contributed by atoms with Gasteiger partial charge in [-0.2, -0.15) is 0 Å². The molecule has 0 saturated carbocycles. The zero-order valence-corrected chi connectivity index (χ0v) is 9.46. The second-order valence-corrected chi connectivity index (χ2v) is 4.09. The van der Waals surface area contributed by atoms with Crippen molar-refractivity contribution >= 4 is 27.5 Å². The summed E-state index contributed by atoms with van der Waals surface area (Å²) in [5, 5.41) is 3.72. The lowest BCUT2D eigenvalue weighted by Crippen LogP contribution is -1.94. The number of aromatic nitrogens is 3. The lowest BCUT2D eigenvalue weighted by molar-refractivity contribution is 0.306. The van der Waals surface area contributed by atoms with Crippen molar-refractivity contribution in [3.05, 3.63) is 34.0 Å². The van der Waals surface area contributed by atoms with E-state index in [9.17, 15) is 0 Å². The summed E-state index contributed by atoms with van der Waals surface area (Å²) in [6, 6.07) is 3.68. The first-order valence-electron chi connectivity index (χ1n) is 3.86. The number of hydrogen-bond donors (Lipinski definition) is 0. The minimum atomic E-state index is 0.474. The number of rotatable bonds is 3. The molecule has 4 nitrogen and oxygen atoms in total. The molecule has 0 bridgehead atoms. The summed E-state index contributed by atoms with van der Waals surface area (Å²) in [6.07, 6.45) is 3.39. The van der Waals surface area contributed by atoms with Gasteiger partial charge in [0.25, 0.3) is 0 Å². The lowest BCUT2D eigenvalue weighted by Gasteiger charge is -2.04. The van der Waals surface area contributed by atoms with E-state index in [4.69, 9.17) is 4.74 Å². The largest absolute Gasteiger partial charge is 0.485 e. The molecule has 2 aromatic heterocycles. The summed E-state index contributed by atoms with van der Waals surface area (Å²) >= 11 is 4.62. The quantitative estimate of drug-likeness (QED) is 0.804. The van der Waals surface area contributed by atoms with E-state index in [0.29, 0.717) is 11.2 Å². The van der Waals surface area contributed by atoms with Crippen LogP contribution in [0.5, 0.6) is 5.75 Å². The van der Waals surface area contributed by atoms with E-state index in [0.717, 1.165) is 10.6 Å². The molecular weight excluding hydrogens is 266 g/mol. The molecule has 2 heterocycles. The van der Waals surface area contributed by atoms with Crippen LogP contribution in [0.4, 0.5) is 0 Å². The van der Waals surface area contributed by atoms with Crippen LogP contribution < -0.4 is 4.74 Å². The molecule has 0 spiro atoms. The summed E-state index contributed by atoms with van der Waals surface area (Å²) in [6.45, 7) is 0.474. The van der Waals surface area contributed by atoms with Crippen LogP contribution in [0.1, 0.15) is 4.88 Å². The molecule has 14 heavy (non-hydrogen) atoms. The van der Waals surface area contributed by atoms with E-state index in [1.165, 1.54) is 11.5 Å². The fraction of sp³-hybridized carbons (Fsp3) is 0.125. The molecule has 0 aromatic carbocycles. The van der Waals surface area contributed by atoms with E-state index < -0.39 is 0 Å². The SMILES string of the molecule is Brc1ncccc1OCc1cnns1. The Morgan fingerprint density at radius 3 is 3.14 bits per heavy atom. The van der Waals surface area contributed by atoms with E-state index in [1.807, 2.05) is 12.1 Å². The lowest BCUT2D eigenvalue weighted by atomic mass is 10.4. The highest BCUT2D eigenvalue weighted by atomic mass is 79.9. The molecule has 0 fully saturated rings. The normalized spacial score (nSPS) is 10.1. The van der Waals surface area contributed by atoms with Gasteiger partial charge in [0.2, 0.25) is 0 Å². The molecule has 0 aliphatic carbocycles. The number of halogens is 1. The maximum absolute atomic E-state index is 5.50. The Morgan fingerprint density at radius 2 is 2.43 bits per heavy atom. The van der Waals surface area contributed by atoms with E-state index >= 15 is 0 Å². The highest BCUT2D eigenvalue weighted by Gasteiger charge is 2.02. The van der Waals surface area contributed by atoms with Crippen molar-refractivity contribution in [2.75, 3.05) is 0 Å². The number of pyridine rings is 1. The predicted octanol–water partition coefficient (Wildman–Crippen LogP) is 2.27. The van der Waals surface area contributed by atoms with E-state index in [2.05, 4.69) is 30.5 Å². The molecule has 0 amide bonds. The summed E-state index contributed by atoms with van der Waals surface area (Å²) in [4.78, 5) is 5.03. The zero-order valence-electron chi connectivity index (χ0n) is 7.05. The van der Waals surface area contributed by atoms with Gasteiger partial charge >= 0.3 is 0 Å². The molecule has 0 N–H and O–H groups in total. The van der Waals surface area contributed by atoms with Crippen LogP contribution in [0.2, 0.25) is 0 Å². The number of nitrogens with zero attached hydrogens (tertiary/aromatic N) is 3. The fourth-order valence-corrected chi connectivity index (χ4v) is 1.65. The van der Waals surface area contributed by atoms with Crippen LogP contribution in [0.3, 0.4) is 0 Å². The van der Waals surface area contributed by atoms with Crippen LogP contribution in [-0.2, 0) is 6.61 Å². The smallest absolute Gasteiger partial charge is 0.152 e. The first kappa shape index (κ1) is 9.54. The van der Waals surface area contributed by atoms with Gasteiger partial charge in [-0.15, -0.1) is 5.10 Å². The van der Waals surface area contributed by atoms with E-state index in [1.54, 1.807) is 12.4 Å². The first-order valence-corrected chi connectivity index (χ1v) is 5.42. The summed E-state index contributed by atoms with van der Waals surface area (Å²) < 4.78 is 9.95. The monoisotopic (exact) mass is 271 g/mol.